The number of carbonyl (C=O) groups excluding carboxylic acids is 1. The van der Waals surface area contributed by atoms with Gasteiger partial charge in [-0.05, 0) is 25.8 Å². The first kappa shape index (κ1) is 14.7. The van der Waals surface area contributed by atoms with Gasteiger partial charge < -0.3 is 4.74 Å². The highest BCUT2D eigenvalue weighted by molar-refractivity contribution is 5.78. The van der Waals surface area contributed by atoms with Gasteiger partial charge in [0.15, 0.2) is 0 Å². The summed E-state index contributed by atoms with van der Waals surface area (Å²) < 4.78 is 5.04. The van der Waals surface area contributed by atoms with Crippen molar-refractivity contribution in [2.45, 2.75) is 26.2 Å². The highest BCUT2D eigenvalue weighted by Gasteiger charge is 2.33. The maximum atomic E-state index is 12.0. The van der Waals surface area contributed by atoms with Gasteiger partial charge in [-0.15, -0.1) is 0 Å². The number of esters is 1. The lowest BCUT2D eigenvalue weighted by Crippen LogP contribution is -2.23. The number of hydrogen-bond acceptors (Lipinski definition) is 4. The van der Waals surface area contributed by atoms with Crippen LogP contribution in [0.3, 0.4) is 0 Å². The third-order valence-electron chi connectivity index (χ3n) is 2.88. The van der Waals surface area contributed by atoms with Crippen LogP contribution in [0.2, 0.25) is 0 Å². The fourth-order valence-corrected chi connectivity index (χ4v) is 1.79. The summed E-state index contributed by atoms with van der Waals surface area (Å²) in [6, 6.07) is 13.0. The Labute approximate surface area is 113 Å². The van der Waals surface area contributed by atoms with Crippen molar-refractivity contribution in [3.05, 3.63) is 35.9 Å². The molecule has 0 N–H and O–H groups in total. The molecular formula is C15H16N2O2. The number of nitrogens with zero attached hydrogens (tertiary/aromatic N) is 2. The first-order valence-corrected chi connectivity index (χ1v) is 6.10. The molecule has 0 aromatic heterocycles. The average molecular weight is 256 g/mol. The number of nitriles is 2. The van der Waals surface area contributed by atoms with Crippen LogP contribution >= 0.6 is 0 Å². The molecule has 4 nitrogen and oxygen atoms in total. The van der Waals surface area contributed by atoms with Gasteiger partial charge in [-0.3, -0.25) is 4.79 Å². The Hall–Kier alpha value is -2.33. The lowest BCUT2D eigenvalue weighted by Gasteiger charge is -2.21. The summed E-state index contributed by atoms with van der Waals surface area (Å²) in [7, 11) is 0. The van der Waals surface area contributed by atoms with Crippen molar-refractivity contribution in [2.24, 2.45) is 5.41 Å². The van der Waals surface area contributed by atoms with Gasteiger partial charge in [-0.25, -0.2) is 0 Å². The van der Waals surface area contributed by atoms with E-state index >= 15 is 0 Å². The third-order valence-corrected chi connectivity index (χ3v) is 2.88. The summed E-state index contributed by atoms with van der Waals surface area (Å²) in [4.78, 5) is 12.0. The molecule has 1 aromatic carbocycles. The van der Waals surface area contributed by atoms with Crippen molar-refractivity contribution < 1.29 is 9.53 Å². The van der Waals surface area contributed by atoms with Crippen LogP contribution in [0.25, 0.3) is 0 Å². The normalized spacial score (nSPS) is 12.0. The predicted octanol–water partition coefficient (Wildman–Crippen LogP) is 2.78. The molecule has 1 atom stereocenters. The zero-order valence-corrected chi connectivity index (χ0v) is 11.1. The Morgan fingerprint density at radius 3 is 2.37 bits per heavy atom. The molecule has 0 aliphatic heterocycles. The molecule has 0 aliphatic carbocycles. The Balaban J connectivity index is 3.05. The summed E-state index contributed by atoms with van der Waals surface area (Å²) in [5.41, 5.74) is -0.439. The number of carbonyl (C=O) groups is 1. The molecule has 0 amide bonds. The third kappa shape index (κ3) is 3.82. The van der Waals surface area contributed by atoms with Gasteiger partial charge in [0, 0.05) is 0 Å². The van der Waals surface area contributed by atoms with Crippen LogP contribution in [0.5, 0.6) is 0 Å². The van der Waals surface area contributed by atoms with E-state index in [0.717, 1.165) is 5.56 Å². The van der Waals surface area contributed by atoms with E-state index in [4.69, 9.17) is 15.3 Å². The smallest absolute Gasteiger partial charge is 0.313 e. The minimum atomic E-state index is -1.20. The van der Waals surface area contributed by atoms with Crippen LogP contribution in [0.15, 0.2) is 30.3 Å². The molecule has 0 bridgehead atoms. The average Bonchev–Trinajstić information content (AvgIpc) is 2.45. The zero-order chi connectivity index (χ0) is 14.3. The number of rotatable bonds is 5. The van der Waals surface area contributed by atoms with E-state index in [1.165, 1.54) is 6.92 Å². The zero-order valence-electron chi connectivity index (χ0n) is 11.1. The van der Waals surface area contributed by atoms with E-state index in [0.29, 0.717) is 0 Å². The van der Waals surface area contributed by atoms with Crippen molar-refractivity contribution in [3.63, 3.8) is 0 Å². The second-order valence-electron chi connectivity index (χ2n) is 4.48. The van der Waals surface area contributed by atoms with Crippen LogP contribution in [-0.4, -0.2) is 12.6 Å². The molecule has 1 rings (SSSR count). The van der Waals surface area contributed by atoms with Crippen molar-refractivity contribution in [2.75, 3.05) is 6.61 Å². The second-order valence-corrected chi connectivity index (χ2v) is 4.48. The van der Waals surface area contributed by atoms with Crippen LogP contribution in [-0.2, 0) is 9.53 Å². The molecule has 98 valence electrons. The van der Waals surface area contributed by atoms with Gasteiger partial charge in [-0.1, -0.05) is 30.3 Å². The number of benzene rings is 1. The monoisotopic (exact) mass is 256 g/mol. The minimum absolute atomic E-state index is 0.128. The SMILES string of the molecule is CCOC(=O)C(CC(C)(C#N)C#N)c1ccccc1. The van der Waals surface area contributed by atoms with Crippen molar-refractivity contribution in [1.82, 2.24) is 0 Å². The van der Waals surface area contributed by atoms with E-state index < -0.39 is 17.3 Å². The Kier molecular flexibility index (Phi) is 5.09. The highest BCUT2D eigenvalue weighted by atomic mass is 16.5. The van der Waals surface area contributed by atoms with Crippen molar-refractivity contribution >= 4 is 5.97 Å². The molecule has 0 saturated carbocycles. The summed E-state index contributed by atoms with van der Waals surface area (Å²) in [6.45, 7) is 3.54. The molecule has 1 aromatic rings. The summed E-state index contributed by atoms with van der Waals surface area (Å²) in [5, 5.41) is 18.1. The van der Waals surface area contributed by atoms with Gasteiger partial charge in [0.25, 0.3) is 0 Å². The lowest BCUT2D eigenvalue weighted by atomic mass is 9.80. The molecule has 0 spiro atoms. The molecule has 1 unspecified atom stereocenters. The van der Waals surface area contributed by atoms with Gasteiger partial charge in [0.2, 0.25) is 0 Å². The Bertz CT molecular complexity index is 497. The van der Waals surface area contributed by atoms with Gasteiger partial charge in [-0.2, -0.15) is 10.5 Å². The van der Waals surface area contributed by atoms with E-state index in [9.17, 15) is 4.79 Å². The topological polar surface area (TPSA) is 73.9 Å². The molecule has 0 aliphatic rings. The van der Waals surface area contributed by atoms with Crippen LogP contribution in [0.4, 0.5) is 0 Å². The second kappa shape index (κ2) is 6.56. The van der Waals surface area contributed by atoms with Gasteiger partial charge in [0.05, 0.1) is 24.7 Å². The maximum absolute atomic E-state index is 12.0. The fourth-order valence-electron chi connectivity index (χ4n) is 1.79. The molecule has 0 saturated heterocycles. The largest absolute Gasteiger partial charge is 0.466 e. The molecule has 19 heavy (non-hydrogen) atoms. The predicted molar refractivity (Wildman–Crippen MR) is 69.8 cm³/mol. The minimum Gasteiger partial charge on any atom is -0.466 e. The Morgan fingerprint density at radius 2 is 1.89 bits per heavy atom. The number of hydrogen-bond donors (Lipinski definition) is 0. The molecule has 0 fully saturated rings. The van der Waals surface area contributed by atoms with E-state index in [1.807, 2.05) is 30.3 Å². The van der Waals surface area contributed by atoms with Crippen LogP contribution in [0, 0.1) is 28.1 Å². The molecule has 4 heteroatoms. The first-order valence-electron chi connectivity index (χ1n) is 6.10. The standard InChI is InChI=1S/C15H16N2O2/c1-3-19-14(18)13(9-15(2,10-16)11-17)12-7-5-4-6-8-12/h4-8,13H,3,9H2,1-2H3. The van der Waals surface area contributed by atoms with Gasteiger partial charge in [0.1, 0.15) is 5.41 Å². The summed E-state index contributed by atoms with van der Waals surface area (Å²) in [6.07, 6.45) is 0.128. The Morgan fingerprint density at radius 1 is 1.32 bits per heavy atom. The van der Waals surface area contributed by atoms with E-state index in [1.54, 1.807) is 19.1 Å². The van der Waals surface area contributed by atoms with Gasteiger partial charge >= 0.3 is 5.97 Å². The maximum Gasteiger partial charge on any atom is 0.313 e. The highest BCUT2D eigenvalue weighted by Crippen LogP contribution is 2.32. The van der Waals surface area contributed by atoms with Crippen LogP contribution < -0.4 is 0 Å². The number of ether oxygens (including phenoxy) is 1. The van der Waals surface area contributed by atoms with E-state index in [-0.39, 0.29) is 13.0 Å². The summed E-state index contributed by atoms with van der Waals surface area (Å²) >= 11 is 0. The van der Waals surface area contributed by atoms with Crippen LogP contribution in [0.1, 0.15) is 31.7 Å². The van der Waals surface area contributed by atoms with Crippen molar-refractivity contribution in [1.29, 1.82) is 10.5 Å². The van der Waals surface area contributed by atoms with E-state index in [2.05, 4.69) is 0 Å². The quantitative estimate of drug-likeness (QED) is 0.759. The summed E-state index contributed by atoms with van der Waals surface area (Å²) in [5.74, 6) is -0.990. The molecular weight excluding hydrogens is 240 g/mol. The molecule has 0 heterocycles. The lowest BCUT2D eigenvalue weighted by molar-refractivity contribution is -0.145. The first-order chi connectivity index (χ1) is 9.06. The van der Waals surface area contributed by atoms with Crippen molar-refractivity contribution in [3.8, 4) is 12.1 Å². The molecule has 0 radical (unpaired) electrons. The fraction of sp³-hybridized carbons (Fsp3) is 0.400.